The number of hydrogen-bond donors (Lipinski definition) is 3. The van der Waals surface area contributed by atoms with Crippen molar-refractivity contribution in [2.24, 2.45) is 5.41 Å². The average Bonchev–Trinajstić information content (AvgIpc) is 3.17. The summed E-state index contributed by atoms with van der Waals surface area (Å²) in [6.45, 7) is 2.37. The molecule has 6 nitrogen and oxygen atoms in total. The number of carbonyl (C=O) groups is 1. The number of rotatable bonds is 6. The van der Waals surface area contributed by atoms with Gasteiger partial charge in [0.25, 0.3) is 0 Å². The monoisotopic (exact) mass is 299 g/mol. The van der Waals surface area contributed by atoms with Crippen molar-refractivity contribution in [3.05, 3.63) is 23.8 Å². The van der Waals surface area contributed by atoms with Crippen LogP contribution in [-0.2, 0) is 10.0 Å². The lowest BCUT2D eigenvalue weighted by Gasteiger charge is -2.14. The Morgan fingerprint density at radius 2 is 2.05 bits per heavy atom. The van der Waals surface area contributed by atoms with Crippen LogP contribution in [0.25, 0.3) is 0 Å². The van der Waals surface area contributed by atoms with Crippen LogP contribution in [0.5, 0.6) is 5.75 Å². The van der Waals surface area contributed by atoms with Gasteiger partial charge in [-0.2, -0.15) is 0 Å². The minimum atomic E-state index is -3.76. The van der Waals surface area contributed by atoms with Gasteiger partial charge in [-0.1, -0.05) is 6.92 Å². The number of aromatic carboxylic acids is 1. The van der Waals surface area contributed by atoms with Crippen LogP contribution < -0.4 is 4.72 Å². The standard InChI is InChI=1S/C13H17NO5S/c1-2-13(5-6-13)8-14-20(18,19)9-3-4-11(15)10(7-9)12(16)17/h3-4,7,14-15H,2,5-6,8H2,1H3,(H,16,17). The fourth-order valence-corrected chi connectivity index (χ4v) is 3.20. The van der Waals surface area contributed by atoms with Gasteiger partial charge in [0.1, 0.15) is 11.3 Å². The summed E-state index contributed by atoms with van der Waals surface area (Å²) in [6, 6.07) is 3.23. The van der Waals surface area contributed by atoms with E-state index in [4.69, 9.17) is 5.11 Å². The lowest BCUT2D eigenvalue weighted by molar-refractivity contribution is 0.0693. The predicted molar refractivity (Wildman–Crippen MR) is 72.2 cm³/mol. The summed E-state index contributed by atoms with van der Waals surface area (Å²) in [6.07, 6.45) is 2.91. The normalized spacial score (nSPS) is 16.9. The van der Waals surface area contributed by atoms with E-state index in [9.17, 15) is 18.3 Å². The van der Waals surface area contributed by atoms with Gasteiger partial charge in [0.05, 0.1) is 4.90 Å². The maximum absolute atomic E-state index is 12.1. The fourth-order valence-electron chi connectivity index (χ4n) is 2.02. The summed E-state index contributed by atoms with van der Waals surface area (Å²) in [5.41, 5.74) is -0.371. The fraction of sp³-hybridized carbons (Fsp3) is 0.462. The summed E-state index contributed by atoms with van der Waals surface area (Å²) in [4.78, 5) is 10.7. The van der Waals surface area contributed by atoms with Crippen molar-refractivity contribution in [1.82, 2.24) is 4.72 Å². The van der Waals surface area contributed by atoms with Crippen molar-refractivity contribution in [1.29, 1.82) is 0 Å². The zero-order valence-electron chi connectivity index (χ0n) is 11.1. The van der Waals surface area contributed by atoms with E-state index in [0.717, 1.165) is 31.4 Å². The van der Waals surface area contributed by atoms with Crippen molar-refractivity contribution in [2.75, 3.05) is 6.54 Å². The van der Waals surface area contributed by atoms with E-state index in [-0.39, 0.29) is 10.3 Å². The maximum Gasteiger partial charge on any atom is 0.339 e. The molecule has 2 rings (SSSR count). The molecule has 0 unspecified atom stereocenters. The molecule has 0 spiro atoms. The number of aromatic hydroxyl groups is 1. The van der Waals surface area contributed by atoms with Crippen molar-refractivity contribution in [3.8, 4) is 5.75 Å². The van der Waals surface area contributed by atoms with E-state index in [2.05, 4.69) is 4.72 Å². The van der Waals surface area contributed by atoms with Crippen LogP contribution >= 0.6 is 0 Å². The molecule has 20 heavy (non-hydrogen) atoms. The summed E-state index contributed by atoms with van der Waals surface area (Å²) in [5, 5.41) is 18.3. The summed E-state index contributed by atoms with van der Waals surface area (Å²) in [5.74, 6) is -1.82. The molecule has 0 aromatic heterocycles. The Morgan fingerprint density at radius 3 is 2.55 bits per heavy atom. The zero-order chi connectivity index (χ0) is 15.0. The van der Waals surface area contributed by atoms with Gasteiger partial charge < -0.3 is 10.2 Å². The second kappa shape index (κ2) is 5.06. The Bertz CT molecular complexity index is 634. The van der Waals surface area contributed by atoms with E-state index in [0.29, 0.717) is 6.54 Å². The van der Waals surface area contributed by atoms with Gasteiger partial charge in [0.15, 0.2) is 0 Å². The number of phenols is 1. The highest BCUT2D eigenvalue weighted by atomic mass is 32.2. The first kappa shape index (κ1) is 14.8. The molecule has 0 atom stereocenters. The quantitative estimate of drug-likeness (QED) is 0.739. The molecule has 0 heterocycles. The van der Waals surface area contributed by atoms with Crippen LogP contribution in [0.4, 0.5) is 0 Å². The zero-order valence-corrected chi connectivity index (χ0v) is 11.9. The van der Waals surface area contributed by atoms with Gasteiger partial charge >= 0.3 is 5.97 Å². The molecule has 1 fully saturated rings. The van der Waals surface area contributed by atoms with Crippen molar-refractivity contribution >= 4 is 16.0 Å². The van der Waals surface area contributed by atoms with E-state index in [1.807, 2.05) is 6.92 Å². The van der Waals surface area contributed by atoms with Gasteiger partial charge in [-0.25, -0.2) is 17.9 Å². The van der Waals surface area contributed by atoms with Crippen LogP contribution in [0, 0.1) is 5.41 Å². The molecule has 1 aliphatic rings. The van der Waals surface area contributed by atoms with Crippen molar-refractivity contribution < 1.29 is 23.4 Å². The van der Waals surface area contributed by atoms with E-state index in [1.165, 1.54) is 6.07 Å². The van der Waals surface area contributed by atoms with Crippen LogP contribution in [0.3, 0.4) is 0 Å². The van der Waals surface area contributed by atoms with Gasteiger partial charge in [0, 0.05) is 6.54 Å². The Balaban J connectivity index is 2.21. The second-order valence-electron chi connectivity index (χ2n) is 5.16. The van der Waals surface area contributed by atoms with E-state index in [1.54, 1.807) is 0 Å². The van der Waals surface area contributed by atoms with Gasteiger partial charge in [0.2, 0.25) is 10.0 Å². The third-order valence-electron chi connectivity index (χ3n) is 3.85. The Labute approximate surface area is 117 Å². The molecule has 0 aliphatic heterocycles. The molecule has 1 saturated carbocycles. The van der Waals surface area contributed by atoms with Crippen molar-refractivity contribution in [2.45, 2.75) is 31.1 Å². The number of nitrogens with one attached hydrogen (secondary N) is 1. The SMILES string of the molecule is CCC1(CNS(=O)(=O)c2ccc(O)c(C(=O)O)c2)CC1. The molecule has 0 bridgehead atoms. The lowest BCUT2D eigenvalue weighted by atomic mass is 10.1. The first-order valence-electron chi connectivity index (χ1n) is 6.36. The number of hydrogen-bond acceptors (Lipinski definition) is 4. The maximum atomic E-state index is 12.1. The molecule has 1 aliphatic carbocycles. The number of carboxylic acid groups (broad SMARTS) is 1. The minimum absolute atomic E-state index is 0.0552. The molecule has 110 valence electrons. The van der Waals surface area contributed by atoms with Crippen LogP contribution in [0.2, 0.25) is 0 Å². The molecular weight excluding hydrogens is 282 g/mol. The predicted octanol–water partition coefficient (Wildman–Crippen LogP) is 1.56. The molecule has 0 radical (unpaired) electrons. The van der Waals surface area contributed by atoms with Gasteiger partial charge in [-0.15, -0.1) is 0 Å². The second-order valence-corrected chi connectivity index (χ2v) is 6.93. The molecule has 3 N–H and O–H groups in total. The summed E-state index contributed by atoms with van der Waals surface area (Å²) >= 11 is 0. The highest BCUT2D eigenvalue weighted by Crippen LogP contribution is 2.48. The first-order chi connectivity index (χ1) is 9.30. The van der Waals surface area contributed by atoms with Crippen LogP contribution in [-0.4, -0.2) is 31.1 Å². The third-order valence-corrected chi connectivity index (χ3v) is 5.25. The van der Waals surface area contributed by atoms with Crippen LogP contribution in [0.15, 0.2) is 23.1 Å². The van der Waals surface area contributed by atoms with Gasteiger partial charge in [-0.05, 0) is 42.9 Å². The molecule has 7 heteroatoms. The average molecular weight is 299 g/mol. The molecule has 0 amide bonds. The highest BCUT2D eigenvalue weighted by molar-refractivity contribution is 7.89. The Morgan fingerprint density at radius 1 is 1.40 bits per heavy atom. The van der Waals surface area contributed by atoms with E-state index >= 15 is 0 Å². The number of carboxylic acids is 1. The Kier molecular flexibility index (Phi) is 3.75. The topological polar surface area (TPSA) is 104 Å². The van der Waals surface area contributed by atoms with Crippen molar-refractivity contribution in [3.63, 3.8) is 0 Å². The number of benzene rings is 1. The summed E-state index contributed by atoms with van der Waals surface area (Å²) < 4.78 is 26.8. The largest absolute Gasteiger partial charge is 0.507 e. The van der Waals surface area contributed by atoms with Crippen LogP contribution in [0.1, 0.15) is 36.5 Å². The van der Waals surface area contributed by atoms with Gasteiger partial charge in [-0.3, -0.25) is 0 Å². The lowest BCUT2D eigenvalue weighted by Crippen LogP contribution is -2.30. The highest BCUT2D eigenvalue weighted by Gasteiger charge is 2.41. The van der Waals surface area contributed by atoms with E-state index < -0.39 is 27.3 Å². The number of sulfonamides is 1. The first-order valence-corrected chi connectivity index (χ1v) is 7.84. The third kappa shape index (κ3) is 2.94. The molecule has 1 aromatic carbocycles. The molecule has 1 aromatic rings. The summed E-state index contributed by atoms with van der Waals surface area (Å²) in [7, 11) is -3.76. The molecule has 0 saturated heterocycles. The molecular formula is C13H17NO5S. The minimum Gasteiger partial charge on any atom is -0.507 e. The smallest absolute Gasteiger partial charge is 0.339 e. The Hall–Kier alpha value is -1.60.